The van der Waals surface area contributed by atoms with Crippen LogP contribution in [0.3, 0.4) is 0 Å². The second kappa shape index (κ2) is 7.99. The molecule has 1 saturated heterocycles. The van der Waals surface area contributed by atoms with Crippen molar-refractivity contribution in [2.24, 2.45) is 0 Å². The average Bonchev–Trinajstić information content (AvgIpc) is 2.92. The Bertz CT molecular complexity index is 592. The first-order chi connectivity index (χ1) is 9.44. The number of nitrogens with one attached hydrogen (secondary N) is 2. The Morgan fingerprint density at radius 3 is 2.81 bits per heavy atom. The van der Waals surface area contributed by atoms with Crippen LogP contribution >= 0.6 is 39.9 Å². The van der Waals surface area contributed by atoms with Gasteiger partial charge in [0.05, 0.1) is 17.0 Å². The lowest BCUT2D eigenvalue weighted by atomic mass is 10.2. The van der Waals surface area contributed by atoms with Crippen LogP contribution in [0.2, 0.25) is 5.02 Å². The lowest BCUT2D eigenvalue weighted by Crippen LogP contribution is -2.37. The van der Waals surface area contributed by atoms with Crippen molar-refractivity contribution < 1.29 is 13.2 Å². The molecule has 1 aliphatic rings. The van der Waals surface area contributed by atoms with Gasteiger partial charge in [-0.25, -0.2) is 13.1 Å². The summed E-state index contributed by atoms with van der Waals surface area (Å²) in [6, 6.07) is 3.12. The molecule has 0 aromatic heterocycles. The van der Waals surface area contributed by atoms with Crippen LogP contribution in [0.25, 0.3) is 0 Å². The van der Waals surface area contributed by atoms with Crippen LogP contribution in [-0.4, -0.2) is 34.7 Å². The van der Waals surface area contributed by atoms with E-state index >= 15 is 0 Å². The first-order valence-electron chi connectivity index (χ1n) is 6.20. The van der Waals surface area contributed by atoms with Gasteiger partial charge in [-0.1, -0.05) is 11.6 Å². The van der Waals surface area contributed by atoms with Gasteiger partial charge in [-0.2, -0.15) is 0 Å². The predicted octanol–water partition coefficient (Wildman–Crippen LogP) is 2.56. The van der Waals surface area contributed by atoms with Crippen LogP contribution < -0.4 is 14.8 Å². The van der Waals surface area contributed by atoms with E-state index < -0.39 is 10.0 Å². The fourth-order valence-electron chi connectivity index (χ4n) is 2.09. The third-order valence-corrected chi connectivity index (χ3v) is 5.86. The zero-order valence-electron chi connectivity index (χ0n) is 11.4. The fourth-order valence-corrected chi connectivity index (χ4v) is 4.52. The summed E-state index contributed by atoms with van der Waals surface area (Å²) in [7, 11) is -2.12. The summed E-state index contributed by atoms with van der Waals surface area (Å²) in [5, 5.41) is 3.50. The zero-order valence-corrected chi connectivity index (χ0v) is 15.3. The van der Waals surface area contributed by atoms with Gasteiger partial charge in [-0.3, -0.25) is 0 Å². The van der Waals surface area contributed by atoms with Crippen molar-refractivity contribution in [1.29, 1.82) is 0 Å². The molecule has 1 aromatic carbocycles. The number of ether oxygens (including phenoxy) is 1. The summed E-state index contributed by atoms with van der Waals surface area (Å²) in [6.07, 6.45) is 2.05. The molecule has 0 bridgehead atoms. The third kappa shape index (κ3) is 4.71. The number of sulfonamides is 1. The molecule has 21 heavy (non-hydrogen) atoms. The van der Waals surface area contributed by atoms with Gasteiger partial charge in [0, 0.05) is 17.1 Å². The fraction of sp³-hybridized carbons (Fsp3) is 0.500. The standard InChI is InChI=1S/C12H16BrClN2O3S.ClH/c1-19-11-5-9(13)12(6-10(11)14)20(17,18)16-7-8-3-2-4-15-8;/h5-6,8,15-16H,2-4,7H2,1H3;1H. The minimum Gasteiger partial charge on any atom is -0.495 e. The van der Waals surface area contributed by atoms with Crippen molar-refractivity contribution in [2.45, 2.75) is 23.8 Å². The topological polar surface area (TPSA) is 67.4 Å². The second-order valence-corrected chi connectivity index (χ2v) is 7.56. The summed E-state index contributed by atoms with van der Waals surface area (Å²) in [4.78, 5) is 0.112. The van der Waals surface area contributed by atoms with Crippen molar-refractivity contribution in [2.75, 3.05) is 20.2 Å². The molecule has 1 fully saturated rings. The molecule has 1 atom stereocenters. The maximum absolute atomic E-state index is 12.3. The lowest BCUT2D eigenvalue weighted by Gasteiger charge is -2.14. The van der Waals surface area contributed by atoms with Gasteiger partial charge in [0.2, 0.25) is 10.0 Å². The molecule has 120 valence electrons. The Balaban J connectivity index is 0.00000220. The van der Waals surface area contributed by atoms with Gasteiger partial charge in [-0.05, 0) is 47.4 Å². The van der Waals surface area contributed by atoms with Crippen molar-refractivity contribution in [1.82, 2.24) is 10.0 Å². The number of rotatable bonds is 5. The molecule has 1 heterocycles. The Labute approximate surface area is 144 Å². The molecule has 5 nitrogen and oxygen atoms in total. The first kappa shape index (κ1) is 19.0. The molecule has 1 unspecified atom stereocenters. The highest BCUT2D eigenvalue weighted by Gasteiger charge is 2.22. The van der Waals surface area contributed by atoms with Crippen LogP contribution in [-0.2, 0) is 10.0 Å². The highest BCUT2D eigenvalue weighted by Crippen LogP contribution is 2.33. The molecule has 1 aliphatic heterocycles. The Hall–Kier alpha value is -0.0500. The van der Waals surface area contributed by atoms with Crippen molar-refractivity contribution in [3.05, 3.63) is 21.6 Å². The van der Waals surface area contributed by atoms with E-state index in [2.05, 4.69) is 26.0 Å². The van der Waals surface area contributed by atoms with Gasteiger partial charge >= 0.3 is 0 Å². The van der Waals surface area contributed by atoms with Crippen LogP contribution in [0.15, 0.2) is 21.5 Å². The second-order valence-electron chi connectivity index (χ2n) is 4.56. The normalized spacial score (nSPS) is 18.3. The Morgan fingerprint density at radius 2 is 2.24 bits per heavy atom. The maximum atomic E-state index is 12.3. The molecule has 0 spiro atoms. The number of methoxy groups -OCH3 is 1. The Morgan fingerprint density at radius 1 is 1.52 bits per heavy atom. The molecule has 9 heteroatoms. The zero-order chi connectivity index (χ0) is 14.8. The lowest BCUT2D eigenvalue weighted by molar-refractivity contribution is 0.414. The van der Waals surface area contributed by atoms with E-state index in [0.29, 0.717) is 16.8 Å². The summed E-state index contributed by atoms with van der Waals surface area (Å²) < 4.78 is 32.7. The van der Waals surface area contributed by atoms with Gasteiger partial charge in [-0.15, -0.1) is 12.4 Å². The van der Waals surface area contributed by atoms with E-state index in [1.165, 1.54) is 13.2 Å². The van der Waals surface area contributed by atoms with Crippen LogP contribution in [0.1, 0.15) is 12.8 Å². The number of hydrogen-bond donors (Lipinski definition) is 2. The minimum atomic E-state index is -3.60. The molecule has 0 aliphatic carbocycles. The number of hydrogen-bond acceptors (Lipinski definition) is 4. The first-order valence-corrected chi connectivity index (χ1v) is 8.85. The van der Waals surface area contributed by atoms with Crippen LogP contribution in [0.5, 0.6) is 5.75 Å². The summed E-state index contributed by atoms with van der Waals surface area (Å²) in [5.41, 5.74) is 0. The minimum absolute atomic E-state index is 0. The van der Waals surface area contributed by atoms with Crippen molar-refractivity contribution in [3.63, 3.8) is 0 Å². The number of halogens is 3. The predicted molar refractivity (Wildman–Crippen MR) is 89.2 cm³/mol. The van der Waals surface area contributed by atoms with Crippen molar-refractivity contribution in [3.8, 4) is 5.75 Å². The molecule has 0 saturated carbocycles. The molecular formula is C12H17BrCl2N2O3S. The van der Waals surface area contributed by atoms with Crippen molar-refractivity contribution >= 4 is 50.0 Å². The third-order valence-electron chi connectivity index (χ3n) is 3.18. The quantitative estimate of drug-likeness (QED) is 0.769. The number of benzene rings is 1. The monoisotopic (exact) mass is 418 g/mol. The van der Waals surface area contributed by atoms with Gasteiger partial charge in [0.1, 0.15) is 5.75 Å². The molecular weight excluding hydrogens is 403 g/mol. The van der Waals surface area contributed by atoms with E-state index in [-0.39, 0.29) is 28.4 Å². The van der Waals surface area contributed by atoms with E-state index in [9.17, 15) is 8.42 Å². The molecule has 0 radical (unpaired) electrons. The van der Waals surface area contributed by atoms with E-state index in [1.807, 2.05) is 0 Å². The SMILES string of the molecule is COc1cc(Br)c(S(=O)(=O)NCC2CCCN2)cc1Cl.Cl. The largest absolute Gasteiger partial charge is 0.495 e. The highest BCUT2D eigenvalue weighted by molar-refractivity contribution is 9.10. The molecule has 0 amide bonds. The van der Waals surface area contributed by atoms with E-state index in [0.717, 1.165) is 19.4 Å². The molecule has 2 N–H and O–H groups in total. The maximum Gasteiger partial charge on any atom is 0.241 e. The van der Waals surface area contributed by atoms with Gasteiger partial charge in [0.25, 0.3) is 0 Å². The summed E-state index contributed by atoms with van der Waals surface area (Å²) in [6.45, 7) is 1.31. The summed E-state index contributed by atoms with van der Waals surface area (Å²) in [5.74, 6) is 0.426. The smallest absolute Gasteiger partial charge is 0.241 e. The van der Waals surface area contributed by atoms with Crippen LogP contribution in [0.4, 0.5) is 0 Å². The molecule has 1 aromatic rings. The van der Waals surface area contributed by atoms with Crippen LogP contribution in [0, 0.1) is 0 Å². The van der Waals surface area contributed by atoms with Gasteiger partial charge in [0.15, 0.2) is 0 Å². The molecule has 2 rings (SSSR count). The average molecular weight is 420 g/mol. The summed E-state index contributed by atoms with van der Waals surface area (Å²) >= 11 is 9.22. The van der Waals surface area contributed by atoms with E-state index in [1.54, 1.807) is 6.07 Å². The Kier molecular flexibility index (Phi) is 7.23. The van der Waals surface area contributed by atoms with Gasteiger partial charge < -0.3 is 10.1 Å². The highest BCUT2D eigenvalue weighted by atomic mass is 79.9. The van der Waals surface area contributed by atoms with E-state index in [4.69, 9.17) is 16.3 Å².